The fourth-order valence-electron chi connectivity index (χ4n) is 3.52. The number of benzene rings is 1. The molecule has 0 radical (unpaired) electrons. The highest BCUT2D eigenvalue weighted by Crippen LogP contribution is 2.35. The van der Waals surface area contributed by atoms with Gasteiger partial charge in [-0.15, -0.1) is 0 Å². The van der Waals surface area contributed by atoms with E-state index >= 15 is 0 Å². The van der Waals surface area contributed by atoms with Crippen molar-refractivity contribution in [3.63, 3.8) is 0 Å². The van der Waals surface area contributed by atoms with Gasteiger partial charge in [-0.2, -0.15) is 0 Å². The van der Waals surface area contributed by atoms with Gasteiger partial charge >= 0.3 is 0 Å². The maximum Gasteiger partial charge on any atom is 0.154 e. The molecule has 2 saturated heterocycles. The van der Waals surface area contributed by atoms with Crippen molar-refractivity contribution in [3.05, 3.63) is 41.4 Å². The Morgan fingerprint density at radius 1 is 1.46 bits per heavy atom. The Labute approximate surface area is 147 Å². The number of aliphatic hydroxyl groups excluding tert-OH is 2. The van der Waals surface area contributed by atoms with Crippen molar-refractivity contribution in [2.45, 2.75) is 37.4 Å². The Hall–Kier alpha value is -1.11. The zero-order chi connectivity index (χ0) is 17.1. The third-order valence-corrected chi connectivity index (χ3v) is 4.95. The molecule has 2 fully saturated rings. The van der Waals surface area contributed by atoms with Crippen LogP contribution in [0.25, 0.3) is 0 Å². The summed E-state index contributed by atoms with van der Waals surface area (Å²) in [6, 6.07) is 7.33. The van der Waals surface area contributed by atoms with E-state index in [-0.39, 0.29) is 18.8 Å². The van der Waals surface area contributed by atoms with Gasteiger partial charge in [-0.3, -0.25) is 4.90 Å². The standard InChI is InChI=1S/C18H24ClNO4/c1-20-10-17-15(6-8-18(22)24-17)16(20)7-5-13(21)11-23-14-4-2-3-12(19)9-14/h2-5,7,9,13,15-18,21-22H,6,8,10-11H2,1H3/b7-5+/t13-,15-,16-,17+,18?/m1/s1. The van der Waals surface area contributed by atoms with Gasteiger partial charge in [0.1, 0.15) is 18.5 Å². The van der Waals surface area contributed by atoms with E-state index in [1.807, 2.05) is 25.3 Å². The third kappa shape index (κ3) is 4.29. The van der Waals surface area contributed by atoms with E-state index in [1.165, 1.54) is 0 Å². The molecule has 3 rings (SSSR count). The van der Waals surface area contributed by atoms with Crippen molar-refractivity contribution < 1.29 is 19.7 Å². The first-order chi connectivity index (χ1) is 11.5. The minimum absolute atomic E-state index is 0.0632. The van der Waals surface area contributed by atoms with E-state index in [4.69, 9.17) is 21.1 Å². The number of rotatable bonds is 5. The number of nitrogens with zero attached hydrogens (tertiary/aromatic N) is 1. The van der Waals surface area contributed by atoms with Gasteiger partial charge in [0.25, 0.3) is 0 Å². The highest BCUT2D eigenvalue weighted by Gasteiger charge is 2.42. The second-order valence-electron chi connectivity index (χ2n) is 6.52. The van der Waals surface area contributed by atoms with Gasteiger partial charge in [-0.1, -0.05) is 29.8 Å². The first kappa shape index (κ1) is 17.7. The summed E-state index contributed by atoms with van der Waals surface area (Å²) in [6.07, 6.45) is 4.13. The predicted octanol–water partition coefficient (Wildman–Crippen LogP) is 2.06. The Morgan fingerprint density at radius 2 is 2.29 bits per heavy atom. The summed E-state index contributed by atoms with van der Waals surface area (Å²) >= 11 is 5.91. The third-order valence-electron chi connectivity index (χ3n) is 4.72. The van der Waals surface area contributed by atoms with Gasteiger partial charge in [-0.05, 0) is 38.1 Å². The lowest BCUT2D eigenvalue weighted by molar-refractivity contribution is -0.171. The largest absolute Gasteiger partial charge is 0.491 e. The van der Waals surface area contributed by atoms with Crippen LogP contribution in [0.4, 0.5) is 0 Å². The fraction of sp³-hybridized carbons (Fsp3) is 0.556. The molecule has 2 N–H and O–H groups in total. The number of fused-ring (bicyclic) bond motifs is 1. The molecule has 2 aliphatic rings. The topological polar surface area (TPSA) is 62.2 Å². The molecule has 1 unspecified atom stereocenters. The zero-order valence-corrected chi connectivity index (χ0v) is 14.5. The molecular formula is C18H24ClNO4. The molecule has 24 heavy (non-hydrogen) atoms. The summed E-state index contributed by atoms with van der Waals surface area (Å²) in [4.78, 5) is 2.20. The molecule has 1 aromatic carbocycles. The van der Waals surface area contributed by atoms with Gasteiger partial charge in [0.2, 0.25) is 0 Å². The Balaban J connectivity index is 1.53. The molecule has 2 aliphatic heterocycles. The predicted molar refractivity (Wildman–Crippen MR) is 92.1 cm³/mol. The molecule has 5 nitrogen and oxygen atoms in total. The van der Waals surface area contributed by atoms with Crippen molar-refractivity contribution in [2.24, 2.45) is 5.92 Å². The van der Waals surface area contributed by atoms with Crippen LogP contribution in [-0.4, -0.2) is 59.9 Å². The molecule has 2 heterocycles. The summed E-state index contributed by atoms with van der Waals surface area (Å²) < 4.78 is 11.2. The van der Waals surface area contributed by atoms with Crippen LogP contribution in [0.5, 0.6) is 5.75 Å². The molecule has 0 spiro atoms. The lowest BCUT2D eigenvalue weighted by Crippen LogP contribution is -2.36. The number of ether oxygens (including phenoxy) is 2. The van der Waals surface area contributed by atoms with E-state index in [0.717, 1.165) is 13.0 Å². The number of likely N-dealkylation sites (tertiary alicyclic amines) is 1. The van der Waals surface area contributed by atoms with Crippen LogP contribution in [0.1, 0.15) is 12.8 Å². The van der Waals surface area contributed by atoms with Gasteiger partial charge in [0.15, 0.2) is 6.29 Å². The first-order valence-corrected chi connectivity index (χ1v) is 8.69. The molecule has 1 aromatic rings. The van der Waals surface area contributed by atoms with E-state index in [9.17, 15) is 10.2 Å². The van der Waals surface area contributed by atoms with Crippen LogP contribution in [0.3, 0.4) is 0 Å². The summed E-state index contributed by atoms with van der Waals surface area (Å²) in [5.74, 6) is 0.998. The fourth-order valence-corrected chi connectivity index (χ4v) is 3.70. The average molecular weight is 354 g/mol. The van der Waals surface area contributed by atoms with Gasteiger partial charge < -0.3 is 19.7 Å². The van der Waals surface area contributed by atoms with Gasteiger partial charge in [0.05, 0.1) is 6.10 Å². The number of hydrogen-bond acceptors (Lipinski definition) is 5. The van der Waals surface area contributed by atoms with Crippen molar-refractivity contribution in [2.75, 3.05) is 20.2 Å². The summed E-state index contributed by atoms with van der Waals surface area (Å²) in [5.41, 5.74) is 0. The number of hydrogen-bond donors (Lipinski definition) is 2. The van der Waals surface area contributed by atoms with Crippen LogP contribution in [0, 0.1) is 5.92 Å². The summed E-state index contributed by atoms with van der Waals surface area (Å²) in [5, 5.41) is 20.4. The summed E-state index contributed by atoms with van der Waals surface area (Å²) in [7, 11) is 2.04. The van der Waals surface area contributed by atoms with Crippen molar-refractivity contribution >= 4 is 11.6 Å². The number of halogens is 1. The molecule has 6 heteroatoms. The van der Waals surface area contributed by atoms with Crippen molar-refractivity contribution in [1.82, 2.24) is 4.90 Å². The smallest absolute Gasteiger partial charge is 0.154 e. The van der Waals surface area contributed by atoms with Crippen LogP contribution in [-0.2, 0) is 4.74 Å². The average Bonchev–Trinajstić information content (AvgIpc) is 2.85. The monoisotopic (exact) mass is 353 g/mol. The molecule has 132 valence electrons. The SMILES string of the molecule is CN1C[C@@H]2OC(O)CC[C@@H]2[C@H]1/C=C/[C@@H](O)COc1cccc(Cl)c1. The molecule has 0 aliphatic carbocycles. The number of aliphatic hydroxyl groups is 2. The number of likely N-dealkylation sites (N-methyl/N-ethyl adjacent to an activating group) is 1. The first-order valence-electron chi connectivity index (χ1n) is 8.31. The highest BCUT2D eigenvalue weighted by atomic mass is 35.5. The van der Waals surface area contributed by atoms with E-state index in [2.05, 4.69) is 4.90 Å². The van der Waals surface area contributed by atoms with Crippen LogP contribution < -0.4 is 4.74 Å². The highest BCUT2D eigenvalue weighted by molar-refractivity contribution is 6.30. The van der Waals surface area contributed by atoms with E-state index in [0.29, 0.717) is 23.1 Å². The molecule has 0 amide bonds. The quantitative estimate of drug-likeness (QED) is 0.793. The second kappa shape index (κ2) is 7.85. The molecule has 0 bridgehead atoms. The molecule has 0 saturated carbocycles. The Kier molecular flexibility index (Phi) is 5.79. The van der Waals surface area contributed by atoms with Gasteiger partial charge in [0, 0.05) is 23.5 Å². The van der Waals surface area contributed by atoms with E-state index in [1.54, 1.807) is 18.2 Å². The lowest BCUT2D eigenvalue weighted by atomic mass is 9.90. The molecule has 0 aromatic heterocycles. The van der Waals surface area contributed by atoms with Crippen LogP contribution >= 0.6 is 11.6 Å². The lowest BCUT2D eigenvalue weighted by Gasteiger charge is -2.31. The second-order valence-corrected chi connectivity index (χ2v) is 6.96. The van der Waals surface area contributed by atoms with E-state index < -0.39 is 12.4 Å². The maximum absolute atomic E-state index is 10.1. The van der Waals surface area contributed by atoms with Crippen molar-refractivity contribution in [3.8, 4) is 5.75 Å². The van der Waals surface area contributed by atoms with Crippen LogP contribution in [0.2, 0.25) is 5.02 Å². The maximum atomic E-state index is 10.1. The Bertz CT molecular complexity index is 582. The molecular weight excluding hydrogens is 330 g/mol. The normalized spacial score (nSPS) is 32.0. The zero-order valence-electron chi connectivity index (χ0n) is 13.7. The van der Waals surface area contributed by atoms with Crippen molar-refractivity contribution in [1.29, 1.82) is 0 Å². The Morgan fingerprint density at radius 3 is 3.08 bits per heavy atom. The minimum atomic E-state index is -0.688. The summed E-state index contributed by atoms with van der Waals surface area (Å²) in [6.45, 7) is 0.975. The van der Waals surface area contributed by atoms with Gasteiger partial charge in [-0.25, -0.2) is 0 Å². The minimum Gasteiger partial charge on any atom is -0.491 e. The molecule has 5 atom stereocenters. The van der Waals surface area contributed by atoms with Crippen LogP contribution in [0.15, 0.2) is 36.4 Å².